The molecule has 0 atom stereocenters. The lowest BCUT2D eigenvalue weighted by Gasteiger charge is -2.16. The Morgan fingerprint density at radius 1 is 0.556 bits per heavy atom. The lowest BCUT2D eigenvalue weighted by Crippen LogP contribution is -2.07. The average molecular weight is 1260 g/mol. The first-order valence-electron chi connectivity index (χ1n) is 21.3. The Morgan fingerprint density at radius 3 is 1.60 bits per heavy atom. The molecule has 11 N–H and O–H groups in total. The van der Waals surface area contributed by atoms with Gasteiger partial charge in [-0.25, -0.2) is 4.98 Å². The van der Waals surface area contributed by atoms with Gasteiger partial charge in [-0.2, -0.15) is 67.6 Å². The molecule has 0 radical (unpaired) electrons. The van der Waals surface area contributed by atoms with Crippen LogP contribution in [-0.4, -0.2) is 89.9 Å². The predicted octanol–water partition coefficient (Wildman–Crippen LogP) is 9.09. The molecule has 38 heteroatoms. The van der Waals surface area contributed by atoms with Gasteiger partial charge in [0.2, 0.25) is 11.9 Å². The molecule has 3 aromatic heterocycles. The smallest absolute Gasteiger partial charge is 0.320 e. The van der Waals surface area contributed by atoms with Crippen LogP contribution in [0.2, 0.25) is 10.0 Å². The Balaban J connectivity index is 1.33. The predicted molar refractivity (Wildman–Crippen MR) is 288 cm³/mol. The zero-order valence-corrected chi connectivity index (χ0v) is 46.0. The number of fused-ring (bicyclic) bond motifs is 1. The van der Waals surface area contributed by atoms with Gasteiger partial charge >= 0.3 is 6.01 Å². The molecule has 0 fully saturated rings. The van der Waals surface area contributed by atoms with Crippen LogP contribution in [-0.2, 0) is 50.6 Å². The maximum absolute atomic E-state index is 12.8. The monoisotopic (exact) mass is 1260 g/mol. The number of nitrogen functional groups attached to an aromatic ring is 1. The third-order valence-corrected chi connectivity index (χ3v) is 17.1. The first-order chi connectivity index (χ1) is 37.7. The van der Waals surface area contributed by atoms with Gasteiger partial charge in [-0.1, -0.05) is 46.7 Å². The highest BCUT2D eigenvalue weighted by atomic mass is 35.5. The minimum absolute atomic E-state index is 0.0420. The number of aromatic hydroxyl groups is 1. The van der Waals surface area contributed by atoms with E-state index in [1.165, 1.54) is 43.3 Å². The second-order valence-electron chi connectivity index (χ2n) is 16.1. The van der Waals surface area contributed by atoms with E-state index < -0.39 is 103 Å². The summed E-state index contributed by atoms with van der Waals surface area (Å²) in [5.41, 5.74) is 4.31. The highest BCUT2D eigenvalue weighted by Gasteiger charge is 2.28. The summed E-state index contributed by atoms with van der Waals surface area (Å²) in [6, 6.07) is 17.8. The highest BCUT2D eigenvalue weighted by Crippen LogP contribution is 2.49. The van der Waals surface area contributed by atoms with Crippen LogP contribution >= 0.6 is 34.5 Å². The van der Waals surface area contributed by atoms with Gasteiger partial charge in [0, 0.05) is 39.0 Å². The standard InChI is InChI=1S/C43H28Cl2N14O16S6/c1-18-27(16-46)37(49-21-6-8-29(44)33(11-21)80(70,71)72)52-38(50-22-7-9-30(45)34(12-22)81(73,74)75)36(18)57-58-39-28(17-47)35(19-2-4-20(5-3-19)51-42-53-41(48)54-43(60)55-42)40(76-39)59-56-23-10-25-26(31(13-23)78(64,65)66)14-24(77(61,62)63)15-32(25)79(67,68)69/h2-15H,1H3,(H2,49,50,52)(H,61,62,63)(H,64,65,66)(H,67,68,69)(H,70,71,72)(H,73,74,75)(H4,48,51,53,54,55,60). The van der Waals surface area contributed by atoms with E-state index >= 15 is 0 Å². The highest BCUT2D eigenvalue weighted by molar-refractivity contribution is 7.87. The second kappa shape index (κ2) is 21.9. The number of hydrogen-bond donors (Lipinski definition) is 10. The van der Waals surface area contributed by atoms with Crippen molar-refractivity contribution in [3.63, 3.8) is 0 Å². The molecule has 5 aromatic carbocycles. The van der Waals surface area contributed by atoms with Crippen LogP contribution in [0.3, 0.4) is 0 Å². The topological polar surface area (TPSA) is 503 Å². The first kappa shape index (κ1) is 58.7. The molecule has 0 aliphatic heterocycles. The molecule has 0 unspecified atom stereocenters. The van der Waals surface area contributed by atoms with Crippen LogP contribution in [0.25, 0.3) is 21.9 Å². The van der Waals surface area contributed by atoms with Crippen molar-refractivity contribution in [1.29, 1.82) is 10.5 Å². The SMILES string of the molecule is Cc1c(C#N)c(Nc2ccc(Cl)c(S(=O)(=O)O)c2)nc(Nc2ccc(Cl)c(S(=O)(=O)O)c2)c1N=Nc1sc(N=Nc2cc(S(=O)(=O)O)c3cc(S(=O)(=O)O)cc(S(=O)(=O)O)c3c2)c(-c2ccc(Nc3nc(N)nc(O)n3)cc2)c1C#N. The van der Waals surface area contributed by atoms with Crippen molar-refractivity contribution < 1.29 is 70.0 Å². The fourth-order valence-corrected chi connectivity index (χ4v) is 12.3. The number of nitrogens with zero attached hydrogens (tertiary/aromatic N) is 10. The number of hydrogen-bond acceptors (Lipinski definition) is 26. The van der Waals surface area contributed by atoms with Crippen molar-refractivity contribution in [2.45, 2.75) is 31.4 Å². The van der Waals surface area contributed by atoms with Crippen molar-refractivity contribution in [2.75, 3.05) is 21.7 Å². The molecule has 0 saturated carbocycles. The van der Waals surface area contributed by atoms with E-state index in [0.29, 0.717) is 29.5 Å². The van der Waals surface area contributed by atoms with E-state index in [1.54, 1.807) is 0 Å². The van der Waals surface area contributed by atoms with Gasteiger partial charge in [0.05, 0.1) is 26.2 Å². The normalized spacial score (nSPS) is 12.4. The van der Waals surface area contributed by atoms with Crippen LogP contribution < -0.4 is 21.7 Å². The number of benzene rings is 5. The summed E-state index contributed by atoms with van der Waals surface area (Å²) >= 11 is 12.7. The van der Waals surface area contributed by atoms with Crippen LogP contribution in [0, 0.1) is 29.6 Å². The average Bonchev–Trinajstić information content (AvgIpc) is 3.71. The number of aromatic nitrogens is 4. The maximum Gasteiger partial charge on any atom is 0.320 e. The summed E-state index contributed by atoms with van der Waals surface area (Å²) in [6.45, 7) is 1.36. The molecule has 3 heterocycles. The van der Waals surface area contributed by atoms with Crippen molar-refractivity contribution in [2.24, 2.45) is 20.5 Å². The lowest BCUT2D eigenvalue weighted by molar-refractivity contribution is 0.430. The Morgan fingerprint density at radius 2 is 1.07 bits per heavy atom. The first-order valence-corrected chi connectivity index (χ1v) is 30.1. The summed E-state index contributed by atoms with van der Waals surface area (Å²) in [7, 11) is -26.0. The van der Waals surface area contributed by atoms with Gasteiger partial charge in [-0.3, -0.25) is 22.8 Å². The molecule has 0 amide bonds. The maximum atomic E-state index is 12.8. The number of nitriles is 2. The van der Waals surface area contributed by atoms with E-state index in [1.807, 2.05) is 12.1 Å². The van der Waals surface area contributed by atoms with Gasteiger partial charge in [-0.05, 0) is 85.3 Å². The van der Waals surface area contributed by atoms with E-state index in [2.05, 4.69) is 56.3 Å². The van der Waals surface area contributed by atoms with Gasteiger partial charge < -0.3 is 26.8 Å². The molecule has 81 heavy (non-hydrogen) atoms. The van der Waals surface area contributed by atoms with Crippen LogP contribution in [0.5, 0.6) is 6.01 Å². The van der Waals surface area contributed by atoms with Crippen LogP contribution in [0.4, 0.5) is 62.0 Å². The third kappa shape index (κ3) is 12.9. The number of anilines is 7. The van der Waals surface area contributed by atoms with Gasteiger partial charge in [0.1, 0.15) is 48.0 Å². The van der Waals surface area contributed by atoms with Crippen molar-refractivity contribution in [3.05, 3.63) is 112 Å². The summed E-state index contributed by atoms with van der Waals surface area (Å²) in [5, 5.41) is 53.6. The molecule has 0 aliphatic carbocycles. The minimum Gasteiger partial charge on any atom is -0.479 e. The third-order valence-electron chi connectivity index (χ3n) is 10.8. The quantitative estimate of drug-likeness (QED) is 0.0318. The molecular formula is C43H28Cl2N14O16S6. The second-order valence-corrected chi connectivity index (χ2v) is 24.9. The van der Waals surface area contributed by atoms with Gasteiger partial charge in [-0.15, -0.1) is 20.5 Å². The van der Waals surface area contributed by atoms with Gasteiger partial charge in [0.25, 0.3) is 50.6 Å². The number of nitrogens with two attached hydrogens (primary N) is 1. The van der Waals surface area contributed by atoms with Crippen molar-refractivity contribution >= 4 is 158 Å². The van der Waals surface area contributed by atoms with Crippen molar-refractivity contribution in [1.82, 2.24) is 19.9 Å². The van der Waals surface area contributed by atoms with E-state index in [-0.39, 0.29) is 89.1 Å². The molecule has 0 bridgehead atoms. The Kier molecular flexibility index (Phi) is 15.8. The number of nitrogens with one attached hydrogen (secondary N) is 3. The summed E-state index contributed by atoms with van der Waals surface area (Å²) in [4.78, 5) is 10.5. The molecule has 0 saturated heterocycles. The fraction of sp³-hybridized carbons (Fsp3) is 0.0233. The molecular weight excluding hydrogens is 1230 g/mol. The van der Waals surface area contributed by atoms with Crippen LogP contribution in [0.15, 0.2) is 130 Å². The summed E-state index contributed by atoms with van der Waals surface area (Å²) < 4.78 is 173. The van der Waals surface area contributed by atoms with E-state index in [0.717, 1.165) is 30.3 Å². The molecule has 0 spiro atoms. The summed E-state index contributed by atoms with van der Waals surface area (Å²) in [6.07, 6.45) is 0. The fourth-order valence-electron chi connectivity index (χ4n) is 7.36. The number of thiophene rings is 1. The number of halogens is 2. The Bertz CT molecular complexity index is 4730. The Hall–Kier alpha value is -8.47. The number of pyridine rings is 1. The summed E-state index contributed by atoms with van der Waals surface area (Å²) in [5.74, 6) is -1.16. The minimum atomic E-state index is -5.45. The Labute approximate surface area is 469 Å². The van der Waals surface area contributed by atoms with Gasteiger partial charge in [0.15, 0.2) is 16.6 Å². The van der Waals surface area contributed by atoms with E-state index in [9.17, 15) is 80.5 Å². The zero-order chi connectivity index (χ0) is 59.3. The number of azo groups is 2. The molecule has 0 aliphatic rings. The number of rotatable bonds is 16. The largest absolute Gasteiger partial charge is 0.479 e. The molecule has 30 nitrogen and oxygen atoms in total. The van der Waals surface area contributed by atoms with Crippen LogP contribution in [0.1, 0.15) is 16.7 Å². The molecule has 416 valence electrons. The lowest BCUT2D eigenvalue weighted by atomic mass is 10.0. The zero-order valence-electron chi connectivity index (χ0n) is 39.6. The van der Waals surface area contributed by atoms with E-state index in [4.69, 9.17) is 28.9 Å². The molecule has 8 rings (SSSR count). The van der Waals surface area contributed by atoms with Crippen molar-refractivity contribution in [3.8, 4) is 29.3 Å². The molecule has 8 aromatic rings.